The highest BCUT2D eigenvalue weighted by molar-refractivity contribution is 14.1. The van der Waals surface area contributed by atoms with E-state index in [-0.39, 0.29) is 12.2 Å². The van der Waals surface area contributed by atoms with Crippen molar-refractivity contribution in [1.29, 1.82) is 0 Å². The van der Waals surface area contributed by atoms with E-state index in [1.54, 1.807) is 31.3 Å². The number of hydrogen-bond acceptors (Lipinski definition) is 9. The van der Waals surface area contributed by atoms with E-state index in [4.69, 9.17) is 18.9 Å². The number of esters is 1. The molecule has 11 nitrogen and oxygen atoms in total. The van der Waals surface area contributed by atoms with E-state index in [0.717, 1.165) is 24.0 Å². The van der Waals surface area contributed by atoms with Crippen molar-refractivity contribution in [2.75, 3.05) is 20.3 Å². The van der Waals surface area contributed by atoms with Gasteiger partial charge in [-0.1, -0.05) is 36.4 Å². The van der Waals surface area contributed by atoms with Gasteiger partial charge >= 0.3 is 12.0 Å². The van der Waals surface area contributed by atoms with Gasteiger partial charge in [-0.25, -0.2) is 9.59 Å². The van der Waals surface area contributed by atoms with Crippen LogP contribution in [-0.2, 0) is 16.1 Å². The molecule has 0 unspecified atom stereocenters. The summed E-state index contributed by atoms with van der Waals surface area (Å²) in [7, 11) is 1.28. The quantitative estimate of drug-likeness (QED) is 0.0622. The number of amides is 2. The molecule has 0 radical (unpaired) electrons. The second kappa shape index (κ2) is 15.9. The fourth-order valence-corrected chi connectivity index (χ4v) is 6.47. The molecule has 1 aliphatic rings. The SMILES string of the molecule is CCOc1cc([C@@H]2NC(=O)NC(C)=C2C(=O)OC)ccc1OC[C@@H](O)N/N=C\c1cc(I)c(OCc2ccccc2)c(I)c1. The zero-order valence-corrected chi connectivity index (χ0v) is 28.5. The van der Waals surface area contributed by atoms with Gasteiger partial charge in [0.2, 0.25) is 0 Å². The van der Waals surface area contributed by atoms with Crippen LogP contribution in [0.15, 0.2) is 77.0 Å². The normalized spacial score (nSPS) is 15.3. The number of aliphatic hydroxyl groups excluding tert-OH is 1. The third kappa shape index (κ3) is 8.75. The van der Waals surface area contributed by atoms with E-state index in [2.05, 4.69) is 66.3 Å². The highest BCUT2D eigenvalue weighted by Gasteiger charge is 2.32. The van der Waals surface area contributed by atoms with E-state index in [1.807, 2.05) is 49.4 Å². The number of hydrazone groups is 1. The first-order valence-electron chi connectivity index (χ1n) is 13.6. The minimum absolute atomic E-state index is 0.130. The number of nitrogens with one attached hydrogen (secondary N) is 3. The average molecular weight is 826 g/mol. The number of carbonyl (C=O) groups is 2. The van der Waals surface area contributed by atoms with Gasteiger partial charge < -0.3 is 34.7 Å². The highest BCUT2D eigenvalue weighted by atomic mass is 127. The number of aliphatic hydroxyl groups is 1. The first-order chi connectivity index (χ1) is 21.2. The zero-order valence-electron chi connectivity index (χ0n) is 24.2. The summed E-state index contributed by atoms with van der Waals surface area (Å²) in [5, 5.41) is 20.0. The second-order valence-corrected chi connectivity index (χ2v) is 11.8. The molecule has 0 fully saturated rings. The Balaban J connectivity index is 1.37. The van der Waals surface area contributed by atoms with Gasteiger partial charge in [0.25, 0.3) is 0 Å². The lowest BCUT2D eigenvalue weighted by atomic mass is 9.95. The van der Waals surface area contributed by atoms with Gasteiger partial charge in [0.1, 0.15) is 19.0 Å². The predicted molar refractivity (Wildman–Crippen MR) is 182 cm³/mol. The Morgan fingerprint density at radius 2 is 1.80 bits per heavy atom. The Morgan fingerprint density at radius 1 is 1.07 bits per heavy atom. The first kappa shape index (κ1) is 33.3. The fraction of sp³-hybridized carbons (Fsp3) is 0.258. The van der Waals surface area contributed by atoms with E-state index in [9.17, 15) is 14.7 Å². The highest BCUT2D eigenvalue weighted by Crippen LogP contribution is 2.35. The number of carbonyl (C=O) groups excluding carboxylic acids is 2. The molecule has 0 aromatic heterocycles. The maximum absolute atomic E-state index is 12.4. The van der Waals surface area contributed by atoms with E-state index < -0.39 is 24.3 Å². The van der Waals surface area contributed by atoms with Gasteiger partial charge in [-0.3, -0.25) is 5.43 Å². The minimum Gasteiger partial charge on any atom is -0.490 e. The van der Waals surface area contributed by atoms with Crippen LogP contribution in [0.25, 0.3) is 0 Å². The third-order valence-corrected chi connectivity index (χ3v) is 7.96. The molecule has 44 heavy (non-hydrogen) atoms. The number of benzene rings is 3. The molecule has 1 aliphatic heterocycles. The monoisotopic (exact) mass is 826 g/mol. The fourth-order valence-electron chi connectivity index (χ4n) is 4.34. The summed E-state index contributed by atoms with van der Waals surface area (Å²) in [6.07, 6.45) is 0.490. The molecule has 0 spiro atoms. The van der Waals surface area contributed by atoms with Crippen LogP contribution in [0.1, 0.15) is 36.6 Å². The standard InChI is InChI=1S/C31H32I2N4O7/c1-4-42-25-14-21(28-27(30(39)41-3)18(2)35-31(40)36-28)10-11-24(25)43-17-26(38)37-34-15-20-12-22(32)29(23(33)13-20)44-16-19-8-6-5-7-9-19/h5-15,26,28,37-38H,4,16-17H2,1-3H3,(H2,35,36,40)/b34-15-/t26-,28+/m1/s1. The van der Waals surface area contributed by atoms with Crippen molar-refractivity contribution < 1.29 is 33.6 Å². The van der Waals surface area contributed by atoms with E-state index in [0.29, 0.717) is 36.0 Å². The van der Waals surface area contributed by atoms with Crippen LogP contribution in [0.4, 0.5) is 4.79 Å². The molecule has 3 aromatic carbocycles. The largest absolute Gasteiger partial charge is 0.490 e. The maximum atomic E-state index is 12.4. The Bertz CT molecular complexity index is 1530. The molecule has 2 atom stereocenters. The summed E-state index contributed by atoms with van der Waals surface area (Å²) >= 11 is 4.46. The lowest BCUT2D eigenvalue weighted by Crippen LogP contribution is -2.45. The van der Waals surface area contributed by atoms with Crippen LogP contribution in [0, 0.1) is 7.14 Å². The number of rotatable bonds is 13. The summed E-state index contributed by atoms with van der Waals surface area (Å²) in [6, 6.07) is 17.7. The zero-order chi connectivity index (χ0) is 31.6. The molecule has 2 amide bonds. The predicted octanol–water partition coefficient (Wildman–Crippen LogP) is 5.00. The summed E-state index contributed by atoms with van der Waals surface area (Å²) in [5.74, 6) is 0.995. The lowest BCUT2D eigenvalue weighted by Gasteiger charge is -2.28. The number of allylic oxidation sites excluding steroid dienone is 1. The number of urea groups is 1. The second-order valence-electron chi connectivity index (χ2n) is 9.50. The molecule has 232 valence electrons. The van der Waals surface area contributed by atoms with Gasteiger partial charge in [0.05, 0.1) is 38.7 Å². The smallest absolute Gasteiger partial charge is 0.337 e. The molecule has 0 saturated carbocycles. The molecular formula is C31H32I2N4O7. The van der Waals surface area contributed by atoms with Crippen LogP contribution < -0.4 is 30.3 Å². The van der Waals surface area contributed by atoms with E-state index in [1.165, 1.54) is 7.11 Å². The molecule has 13 heteroatoms. The third-order valence-electron chi connectivity index (χ3n) is 6.36. The Kier molecular flexibility index (Phi) is 12.1. The molecule has 0 saturated heterocycles. The summed E-state index contributed by atoms with van der Waals surface area (Å²) < 4.78 is 24.4. The van der Waals surface area contributed by atoms with Gasteiger partial charge in [-0.2, -0.15) is 5.10 Å². The number of ether oxygens (including phenoxy) is 4. The Labute approximate surface area is 282 Å². The first-order valence-corrected chi connectivity index (χ1v) is 15.7. The molecular weight excluding hydrogens is 794 g/mol. The summed E-state index contributed by atoms with van der Waals surface area (Å²) in [4.78, 5) is 24.6. The van der Waals surface area contributed by atoms with Crippen molar-refractivity contribution in [2.24, 2.45) is 5.10 Å². The molecule has 1 heterocycles. The number of nitrogens with zero attached hydrogens (tertiary/aromatic N) is 1. The van der Waals surface area contributed by atoms with Crippen LogP contribution >= 0.6 is 45.2 Å². The van der Waals surface area contributed by atoms with Crippen molar-refractivity contribution in [3.05, 3.63) is 95.8 Å². The van der Waals surface area contributed by atoms with Crippen LogP contribution in [0.5, 0.6) is 17.2 Å². The van der Waals surface area contributed by atoms with Gasteiger partial charge in [0.15, 0.2) is 17.7 Å². The lowest BCUT2D eigenvalue weighted by molar-refractivity contribution is -0.136. The topological polar surface area (TPSA) is 140 Å². The van der Waals surface area contributed by atoms with Crippen molar-refractivity contribution >= 4 is 63.4 Å². The van der Waals surface area contributed by atoms with Crippen LogP contribution in [-0.4, -0.2) is 49.9 Å². The summed E-state index contributed by atoms with van der Waals surface area (Å²) in [6.45, 7) is 4.14. The van der Waals surface area contributed by atoms with Crippen molar-refractivity contribution in [3.63, 3.8) is 0 Å². The van der Waals surface area contributed by atoms with E-state index >= 15 is 0 Å². The Morgan fingerprint density at radius 3 is 2.48 bits per heavy atom. The van der Waals surface area contributed by atoms with Gasteiger partial charge in [-0.05, 0) is 100.0 Å². The number of hydrogen-bond donors (Lipinski definition) is 4. The van der Waals surface area contributed by atoms with Crippen molar-refractivity contribution in [3.8, 4) is 17.2 Å². The van der Waals surface area contributed by atoms with Gasteiger partial charge in [0, 0.05) is 5.70 Å². The average Bonchev–Trinajstić information content (AvgIpc) is 3.00. The Hall–Kier alpha value is -3.57. The van der Waals surface area contributed by atoms with Crippen LogP contribution in [0.3, 0.4) is 0 Å². The molecule has 0 aliphatic carbocycles. The molecule has 3 aromatic rings. The van der Waals surface area contributed by atoms with Crippen molar-refractivity contribution in [1.82, 2.24) is 16.1 Å². The maximum Gasteiger partial charge on any atom is 0.337 e. The summed E-state index contributed by atoms with van der Waals surface area (Å²) in [5.41, 5.74) is 5.86. The molecule has 0 bridgehead atoms. The van der Waals surface area contributed by atoms with Crippen LogP contribution in [0.2, 0.25) is 0 Å². The minimum atomic E-state index is -1.12. The number of halogens is 2. The molecule has 4 rings (SSSR count). The molecule has 4 N–H and O–H groups in total. The van der Waals surface area contributed by atoms with Gasteiger partial charge in [-0.15, -0.1) is 0 Å². The number of methoxy groups -OCH3 is 1. The van der Waals surface area contributed by atoms with Crippen molar-refractivity contribution in [2.45, 2.75) is 32.7 Å².